The second-order valence-corrected chi connectivity index (χ2v) is 8.61. The van der Waals surface area contributed by atoms with Crippen LogP contribution in [0.2, 0.25) is 5.02 Å². The Kier molecular flexibility index (Phi) is 5.38. The third-order valence-electron chi connectivity index (χ3n) is 5.63. The highest BCUT2D eigenvalue weighted by Crippen LogP contribution is 2.39. The number of Topliss-reactive ketones (excluding diaryl/α,β-unsaturated/α-hetero) is 1. The van der Waals surface area contributed by atoms with Crippen molar-refractivity contribution in [1.29, 1.82) is 0 Å². The van der Waals surface area contributed by atoms with Crippen molar-refractivity contribution in [2.24, 2.45) is 0 Å². The molecule has 3 aromatic carbocycles. The average molecular weight is 474 g/mol. The molecule has 0 bridgehead atoms. The molecule has 2 heterocycles. The summed E-state index contributed by atoms with van der Waals surface area (Å²) in [6.07, 6.45) is 1.70. The molecule has 0 N–H and O–H groups in total. The monoisotopic (exact) mass is 473 g/mol. The molecule has 0 unspecified atom stereocenters. The van der Waals surface area contributed by atoms with Gasteiger partial charge in [-0.05, 0) is 67.1 Å². The minimum absolute atomic E-state index is 0.0518. The van der Waals surface area contributed by atoms with E-state index in [0.29, 0.717) is 32.9 Å². The maximum absolute atomic E-state index is 12.9. The van der Waals surface area contributed by atoms with E-state index in [4.69, 9.17) is 25.5 Å². The van der Waals surface area contributed by atoms with Crippen molar-refractivity contribution in [3.8, 4) is 11.5 Å². The molecule has 1 aliphatic rings. The van der Waals surface area contributed by atoms with Crippen LogP contribution in [-0.4, -0.2) is 25.8 Å². The maximum Gasteiger partial charge on any atom is 0.379 e. The Labute approximate surface area is 200 Å². The summed E-state index contributed by atoms with van der Waals surface area (Å²) >= 11 is 6.00. The molecule has 7 heteroatoms. The van der Waals surface area contributed by atoms with Gasteiger partial charge in [0, 0.05) is 35.8 Å². The van der Waals surface area contributed by atoms with Gasteiger partial charge in [-0.15, -0.1) is 0 Å². The summed E-state index contributed by atoms with van der Waals surface area (Å²) in [6, 6.07) is 17.6. The van der Waals surface area contributed by atoms with Crippen LogP contribution in [0.25, 0.3) is 17.0 Å². The van der Waals surface area contributed by atoms with E-state index in [-0.39, 0.29) is 23.1 Å². The van der Waals surface area contributed by atoms with Gasteiger partial charge < -0.3 is 18.8 Å². The number of hydrogen-bond acceptors (Lipinski definition) is 6. The fourth-order valence-corrected chi connectivity index (χ4v) is 3.94. The van der Waals surface area contributed by atoms with Crippen LogP contribution in [0.15, 0.2) is 70.8 Å². The Morgan fingerprint density at radius 1 is 1.03 bits per heavy atom. The zero-order valence-electron chi connectivity index (χ0n) is 18.7. The largest absolute Gasteiger partial charge is 0.452 e. The summed E-state index contributed by atoms with van der Waals surface area (Å²) in [5, 5.41) is 1.24. The molecule has 0 spiro atoms. The fraction of sp³-hybridized carbons (Fsp3) is 0.111. The van der Waals surface area contributed by atoms with E-state index < -0.39 is 5.97 Å². The number of ketones is 1. The van der Waals surface area contributed by atoms with Crippen LogP contribution in [0, 0.1) is 6.92 Å². The minimum atomic E-state index is -0.656. The summed E-state index contributed by atoms with van der Waals surface area (Å²) < 4.78 is 17.0. The molecule has 1 aliphatic heterocycles. The highest BCUT2D eigenvalue weighted by molar-refractivity contribution is 6.31. The van der Waals surface area contributed by atoms with Gasteiger partial charge >= 0.3 is 5.97 Å². The third-order valence-corrected chi connectivity index (χ3v) is 5.86. The Hall–Kier alpha value is -4.03. The third kappa shape index (κ3) is 3.93. The van der Waals surface area contributed by atoms with Gasteiger partial charge in [0.25, 0.3) is 0 Å². The molecular weight excluding hydrogens is 454 g/mol. The first-order chi connectivity index (χ1) is 16.3. The van der Waals surface area contributed by atoms with Gasteiger partial charge in [0.05, 0.1) is 5.56 Å². The molecule has 0 saturated heterocycles. The van der Waals surface area contributed by atoms with Gasteiger partial charge in [0.2, 0.25) is 11.5 Å². The molecule has 0 saturated carbocycles. The SMILES string of the molecule is Cc1c(OC(=O)c2cc3cc(Cl)ccc3o2)ccc2c1O/C(=C\c1ccc(N(C)C)cc1)C2=O. The highest BCUT2D eigenvalue weighted by atomic mass is 35.5. The van der Waals surface area contributed by atoms with E-state index in [2.05, 4.69) is 0 Å². The van der Waals surface area contributed by atoms with Crippen LogP contribution >= 0.6 is 11.6 Å². The molecule has 0 radical (unpaired) electrons. The van der Waals surface area contributed by atoms with Gasteiger partial charge in [-0.2, -0.15) is 0 Å². The van der Waals surface area contributed by atoms with Crippen LogP contribution in [0.1, 0.15) is 32.0 Å². The predicted molar refractivity (Wildman–Crippen MR) is 131 cm³/mol. The van der Waals surface area contributed by atoms with Gasteiger partial charge in [-0.25, -0.2) is 4.79 Å². The molecule has 34 heavy (non-hydrogen) atoms. The Morgan fingerprint density at radius 3 is 2.53 bits per heavy atom. The second-order valence-electron chi connectivity index (χ2n) is 8.17. The number of rotatable bonds is 4. The number of esters is 1. The second kappa shape index (κ2) is 8.39. The number of carbonyl (C=O) groups is 2. The van der Waals surface area contributed by atoms with Crippen molar-refractivity contribution in [2.75, 3.05) is 19.0 Å². The Bertz CT molecular complexity index is 1480. The lowest BCUT2D eigenvalue weighted by Gasteiger charge is -2.12. The molecule has 5 rings (SSSR count). The van der Waals surface area contributed by atoms with E-state index in [0.717, 1.165) is 11.3 Å². The highest BCUT2D eigenvalue weighted by Gasteiger charge is 2.31. The van der Waals surface area contributed by atoms with E-state index in [1.165, 1.54) is 0 Å². The molecule has 0 atom stereocenters. The number of halogens is 1. The topological polar surface area (TPSA) is 69.0 Å². The summed E-state index contributed by atoms with van der Waals surface area (Å²) in [5.41, 5.74) is 3.40. The first-order valence-corrected chi connectivity index (χ1v) is 10.9. The van der Waals surface area contributed by atoms with Gasteiger partial charge in [-0.3, -0.25) is 4.79 Å². The van der Waals surface area contributed by atoms with Crippen molar-refractivity contribution in [3.63, 3.8) is 0 Å². The summed E-state index contributed by atoms with van der Waals surface area (Å²) in [4.78, 5) is 27.6. The van der Waals surface area contributed by atoms with Gasteiger partial charge in [0.15, 0.2) is 5.76 Å². The summed E-state index contributed by atoms with van der Waals surface area (Å²) in [7, 11) is 3.93. The number of fused-ring (bicyclic) bond motifs is 2. The number of anilines is 1. The number of carbonyl (C=O) groups excluding carboxylic acids is 2. The molecule has 0 fully saturated rings. The maximum atomic E-state index is 12.9. The number of allylic oxidation sites excluding steroid dienone is 1. The number of ether oxygens (including phenoxy) is 2. The van der Waals surface area contributed by atoms with Crippen molar-refractivity contribution < 1.29 is 23.5 Å². The van der Waals surface area contributed by atoms with Crippen molar-refractivity contribution in [2.45, 2.75) is 6.92 Å². The normalized spacial score (nSPS) is 13.8. The van der Waals surface area contributed by atoms with Crippen LogP contribution in [0.3, 0.4) is 0 Å². The van der Waals surface area contributed by atoms with E-state index >= 15 is 0 Å². The molecule has 4 aromatic rings. The summed E-state index contributed by atoms with van der Waals surface area (Å²) in [5.74, 6) is 0.0528. The van der Waals surface area contributed by atoms with E-state index in [1.54, 1.807) is 49.4 Å². The first-order valence-electron chi connectivity index (χ1n) is 10.6. The lowest BCUT2D eigenvalue weighted by atomic mass is 10.1. The Morgan fingerprint density at radius 2 is 1.79 bits per heavy atom. The van der Waals surface area contributed by atoms with Gasteiger partial charge in [0.1, 0.15) is 17.1 Å². The van der Waals surface area contributed by atoms with Crippen molar-refractivity contribution in [3.05, 3.63) is 93.9 Å². The zero-order valence-corrected chi connectivity index (χ0v) is 19.5. The van der Waals surface area contributed by atoms with Crippen LogP contribution in [0.5, 0.6) is 11.5 Å². The molecular formula is C27H20ClNO5. The number of hydrogen-bond donors (Lipinski definition) is 0. The van der Waals surface area contributed by atoms with Crippen LogP contribution in [-0.2, 0) is 0 Å². The molecule has 0 amide bonds. The number of furan rings is 1. The zero-order chi connectivity index (χ0) is 24.0. The van der Waals surface area contributed by atoms with Gasteiger partial charge in [-0.1, -0.05) is 23.7 Å². The molecule has 0 aliphatic carbocycles. The lowest BCUT2D eigenvalue weighted by molar-refractivity contribution is 0.0702. The predicted octanol–water partition coefficient (Wildman–Crippen LogP) is 6.30. The number of nitrogens with zero attached hydrogens (tertiary/aromatic N) is 1. The number of benzene rings is 3. The standard InChI is InChI=1S/C27H20ClNO5/c1-15-21(34-27(31)24-14-17-13-18(28)6-10-22(17)32-24)11-9-20-25(30)23(33-26(15)20)12-16-4-7-19(8-5-16)29(2)3/h4-14H,1-3H3/b23-12-. The Balaban J connectivity index is 1.39. The summed E-state index contributed by atoms with van der Waals surface area (Å²) in [6.45, 7) is 1.74. The van der Waals surface area contributed by atoms with Crippen molar-refractivity contribution >= 4 is 46.1 Å². The molecule has 1 aromatic heterocycles. The quantitative estimate of drug-likeness (QED) is 0.197. The average Bonchev–Trinajstić information content (AvgIpc) is 3.37. The fourth-order valence-electron chi connectivity index (χ4n) is 3.76. The molecule has 170 valence electrons. The molecule has 6 nitrogen and oxygen atoms in total. The minimum Gasteiger partial charge on any atom is -0.452 e. The van der Waals surface area contributed by atoms with Crippen molar-refractivity contribution in [1.82, 2.24) is 0 Å². The van der Waals surface area contributed by atoms with Crippen LogP contribution < -0.4 is 14.4 Å². The van der Waals surface area contributed by atoms with E-state index in [9.17, 15) is 9.59 Å². The first kappa shape index (κ1) is 21.8. The van der Waals surface area contributed by atoms with Crippen LogP contribution in [0.4, 0.5) is 5.69 Å². The van der Waals surface area contributed by atoms with E-state index in [1.807, 2.05) is 43.3 Å². The smallest absolute Gasteiger partial charge is 0.379 e. The lowest BCUT2D eigenvalue weighted by Crippen LogP contribution is -2.08.